The fourth-order valence-corrected chi connectivity index (χ4v) is 1.87. The van der Waals surface area contributed by atoms with Gasteiger partial charge in [0.05, 0.1) is 19.8 Å². The molecule has 0 bridgehead atoms. The third kappa shape index (κ3) is 2.80. The average molecular weight is 206 g/mol. The summed E-state index contributed by atoms with van der Waals surface area (Å²) in [5.41, 5.74) is 2.63. The molecule has 82 valence electrons. The maximum Gasteiger partial charge on any atom is 0.106 e. The summed E-state index contributed by atoms with van der Waals surface area (Å²) in [5, 5.41) is 0. The van der Waals surface area contributed by atoms with Crippen LogP contribution in [-0.2, 0) is 15.9 Å². The Kier molecular flexibility index (Phi) is 3.75. The summed E-state index contributed by atoms with van der Waals surface area (Å²) in [4.78, 5) is 0. The summed E-state index contributed by atoms with van der Waals surface area (Å²) in [6.07, 6.45) is 2.49. The molecule has 0 aliphatic carbocycles. The van der Waals surface area contributed by atoms with E-state index >= 15 is 0 Å². The summed E-state index contributed by atoms with van der Waals surface area (Å²) in [5.74, 6) is 0. The number of rotatable bonds is 3. The van der Waals surface area contributed by atoms with Crippen LogP contribution in [0.2, 0.25) is 0 Å². The Morgan fingerprint density at radius 2 is 2.00 bits per heavy atom. The van der Waals surface area contributed by atoms with Crippen molar-refractivity contribution in [1.82, 2.24) is 0 Å². The number of aryl methyl sites for hydroxylation is 1. The first kappa shape index (κ1) is 10.7. The first-order valence-corrected chi connectivity index (χ1v) is 5.68. The third-order valence-corrected chi connectivity index (χ3v) is 2.71. The van der Waals surface area contributed by atoms with Crippen LogP contribution in [0.25, 0.3) is 0 Å². The van der Waals surface area contributed by atoms with E-state index in [1.165, 1.54) is 17.5 Å². The minimum atomic E-state index is 0.134. The molecule has 0 saturated carbocycles. The van der Waals surface area contributed by atoms with Gasteiger partial charge in [0.2, 0.25) is 0 Å². The molecule has 1 aromatic carbocycles. The van der Waals surface area contributed by atoms with Gasteiger partial charge in [0, 0.05) is 0 Å². The van der Waals surface area contributed by atoms with E-state index in [0.29, 0.717) is 13.2 Å². The highest BCUT2D eigenvalue weighted by atomic mass is 16.6. The molecule has 1 aliphatic heterocycles. The first-order chi connectivity index (χ1) is 7.40. The fraction of sp³-hybridized carbons (Fsp3) is 0.538. The van der Waals surface area contributed by atoms with Crippen LogP contribution in [0.15, 0.2) is 24.3 Å². The van der Waals surface area contributed by atoms with Crippen LogP contribution in [-0.4, -0.2) is 19.8 Å². The fourth-order valence-electron chi connectivity index (χ4n) is 1.87. The molecular weight excluding hydrogens is 188 g/mol. The van der Waals surface area contributed by atoms with E-state index < -0.39 is 0 Å². The predicted octanol–water partition coefficient (Wildman–Crippen LogP) is 2.73. The van der Waals surface area contributed by atoms with Gasteiger partial charge in [-0.25, -0.2) is 0 Å². The van der Waals surface area contributed by atoms with Gasteiger partial charge >= 0.3 is 0 Å². The lowest BCUT2D eigenvalue weighted by Gasteiger charge is -2.23. The van der Waals surface area contributed by atoms with E-state index in [-0.39, 0.29) is 6.10 Å². The third-order valence-electron chi connectivity index (χ3n) is 2.71. The first-order valence-electron chi connectivity index (χ1n) is 5.68. The second kappa shape index (κ2) is 5.29. The van der Waals surface area contributed by atoms with E-state index in [9.17, 15) is 0 Å². The van der Waals surface area contributed by atoms with Gasteiger partial charge in [-0.05, 0) is 17.5 Å². The Bertz CT molecular complexity index is 286. The smallest absolute Gasteiger partial charge is 0.106 e. The Labute approximate surface area is 91.2 Å². The predicted molar refractivity (Wildman–Crippen MR) is 59.9 cm³/mol. The molecule has 1 unspecified atom stereocenters. The Morgan fingerprint density at radius 1 is 1.20 bits per heavy atom. The molecule has 1 fully saturated rings. The van der Waals surface area contributed by atoms with E-state index in [1.807, 2.05) is 0 Å². The molecule has 0 radical (unpaired) electrons. The van der Waals surface area contributed by atoms with Gasteiger partial charge in [-0.2, -0.15) is 0 Å². The molecule has 0 spiro atoms. The second-order valence-corrected chi connectivity index (χ2v) is 3.93. The molecule has 15 heavy (non-hydrogen) atoms. The molecule has 1 heterocycles. The molecule has 0 N–H and O–H groups in total. The lowest BCUT2D eigenvalue weighted by molar-refractivity contribution is -0.0901. The lowest BCUT2D eigenvalue weighted by Crippen LogP contribution is -2.21. The summed E-state index contributed by atoms with van der Waals surface area (Å²) in [6.45, 7) is 4.32. The topological polar surface area (TPSA) is 18.5 Å². The molecule has 1 atom stereocenters. The normalized spacial score (nSPS) is 21.5. The molecule has 2 rings (SSSR count). The van der Waals surface area contributed by atoms with Crippen molar-refractivity contribution in [2.45, 2.75) is 25.9 Å². The minimum absolute atomic E-state index is 0.134. The molecule has 1 aliphatic rings. The van der Waals surface area contributed by atoms with Crippen molar-refractivity contribution in [2.75, 3.05) is 19.8 Å². The van der Waals surface area contributed by atoms with Crippen LogP contribution in [0, 0.1) is 0 Å². The van der Waals surface area contributed by atoms with Crippen molar-refractivity contribution in [1.29, 1.82) is 0 Å². The van der Waals surface area contributed by atoms with Gasteiger partial charge in [-0.3, -0.25) is 0 Å². The Balaban J connectivity index is 2.02. The zero-order valence-corrected chi connectivity index (χ0v) is 9.24. The van der Waals surface area contributed by atoms with Crippen molar-refractivity contribution in [3.63, 3.8) is 0 Å². The van der Waals surface area contributed by atoms with Gasteiger partial charge in [0.15, 0.2) is 0 Å². The van der Waals surface area contributed by atoms with E-state index in [1.54, 1.807) is 0 Å². The van der Waals surface area contributed by atoms with Gasteiger partial charge < -0.3 is 9.47 Å². The molecule has 1 aromatic rings. The van der Waals surface area contributed by atoms with Crippen molar-refractivity contribution in [3.05, 3.63) is 35.4 Å². The van der Waals surface area contributed by atoms with Crippen LogP contribution in [0.3, 0.4) is 0 Å². The highest BCUT2D eigenvalue weighted by Gasteiger charge is 2.15. The van der Waals surface area contributed by atoms with Crippen LogP contribution in [0.5, 0.6) is 0 Å². The van der Waals surface area contributed by atoms with Crippen molar-refractivity contribution >= 4 is 0 Å². The van der Waals surface area contributed by atoms with E-state index in [0.717, 1.165) is 13.0 Å². The van der Waals surface area contributed by atoms with E-state index in [2.05, 4.69) is 31.2 Å². The zero-order valence-electron chi connectivity index (χ0n) is 9.24. The largest absolute Gasteiger partial charge is 0.376 e. The molecule has 2 nitrogen and oxygen atoms in total. The van der Waals surface area contributed by atoms with E-state index in [4.69, 9.17) is 9.47 Å². The summed E-state index contributed by atoms with van der Waals surface area (Å²) < 4.78 is 11.0. The van der Waals surface area contributed by atoms with Crippen molar-refractivity contribution in [3.8, 4) is 0 Å². The van der Waals surface area contributed by atoms with Crippen molar-refractivity contribution in [2.24, 2.45) is 0 Å². The lowest BCUT2D eigenvalue weighted by atomic mass is 10.0. The average Bonchev–Trinajstić information content (AvgIpc) is 2.32. The zero-order chi connectivity index (χ0) is 10.5. The molecular formula is C13H18O2. The van der Waals surface area contributed by atoms with Gasteiger partial charge in [-0.15, -0.1) is 0 Å². The SMILES string of the molecule is CCCc1ccc(C2COCCO2)cc1. The van der Waals surface area contributed by atoms with Crippen molar-refractivity contribution < 1.29 is 9.47 Å². The highest BCUT2D eigenvalue weighted by molar-refractivity contribution is 5.24. The Morgan fingerprint density at radius 3 is 2.60 bits per heavy atom. The maximum atomic E-state index is 5.64. The molecule has 2 heteroatoms. The standard InChI is InChI=1S/C13H18O2/c1-2-3-11-4-6-12(7-5-11)13-10-14-8-9-15-13/h4-7,13H,2-3,8-10H2,1H3. The number of ether oxygens (including phenoxy) is 2. The summed E-state index contributed by atoms with van der Waals surface area (Å²) >= 11 is 0. The number of benzene rings is 1. The molecule has 0 aromatic heterocycles. The van der Waals surface area contributed by atoms with Crippen LogP contribution in [0.1, 0.15) is 30.6 Å². The Hall–Kier alpha value is -0.860. The minimum Gasteiger partial charge on any atom is -0.376 e. The van der Waals surface area contributed by atoms with Crippen LogP contribution < -0.4 is 0 Å². The monoisotopic (exact) mass is 206 g/mol. The highest BCUT2D eigenvalue weighted by Crippen LogP contribution is 2.21. The quantitative estimate of drug-likeness (QED) is 0.757. The van der Waals surface area contributed by atoms with Gasteiger partial charge in [0.1, 0.15) is 6.10 Å². The van der Waals surface area contributed by atoms with Crippen LogP contribution >= 0.6 is 0 Å². The summed E-state index contributed by atoms with van der Waals surface area (Å²) in [7, 11) is 0. The van der Waals surface area contributed by atoms with Gasteiger partial charge in [0.25, 0.3) is 0 Å². The second-order valence-electron chi connectivity index (χ2n) is 3.93. The maximum absolute atomic E-state index is 5.64. The molecule has 0 amide bonds. The van der Waals surface area contributed by atoms with Gasteiger partial charge in [-0.1, -0.05) is 37.6 Å². The molecule has 1 saturated heterocycles. The number of hydrogen-bond donors (Lipinski definition) is 0. The van der Waals surface area contributed by atoms with Crippen LogP contribution in [0.4, 0.5) is 0 Å². The number of hydrogen-bond acceptors (Lipinski definition) is 2. The summed E-state index contributed by atoms with van der Waals surface area (Å²) in [6, 6.07) is 8.70.